The van der Waals surface area contributed by atoms with Gasteiger partial charge in [0.05, 0.1) is 30.2 Å². The number of halogens is 3. The first-order valence-corrected chi connectivity index (χ1v) is 11.2. The zero-order valence-electron chi connectivity index (χ0n) is 17.3. The van der Waals surface area contributed by atoms with E-state index in [1.54, 1.807) is 55.9 Å². The Hall–Kier alpha value is -3.13. The van der Waals surface area contributed by atoms with Gasteiger partial charge >= 0.3 is 0 Å². The summed E-state index contributed by atoms with van der Waals surface area (Å²) in [5, 5.41) is 15.6. The zero-order chi connectivity index (χ0) is 23.4. The van der Waals surface area contributed by atoms with Crippen molar-refractivity contribution >= 4 is 57.5 Å². The van der Waals surface area contributed by atoms with Gasteiger partial charge in [0.2, 0.25) is 0 Å². The average Bonchev–Trinajstić information content (AvgIpc) is 3.22. The van der Waals surface area contributed by atoms with Crippen molar-refractivity contribution in [2.75, 3.05) is 7.11 Å². The summed E-state index contributed by atoms with van der Waals surface area (Å²) in [5.74, 6) is 1.17. The number of phenolic OH excluding ortho intramolecular Hbond substituents is 1. The van der Waals surface area contributed by atoms with Gasteiger partial charge in [-0.2, -0.15) is 5.10 Å². The summed E-state index contributed by atoms with van der Waals surface area (Å²) in [6, 6.07) is 17.8. The van der Waals surface area contributed by atoms with Gasteiger partial charge in [0, 0.05) is 32.4 Å². The Bertz CT molecular complexity index is 1350. The highest BCUT2D eigenvalue weighted by Gasteiger charge is 2.10. The molecule has 4 rings (SSSR count). The zero-order valence-corrected chi connectivity index (χ0v) is 20.4. The third-order valence-electron chi connectivity index (χ3n) is 4.65. The topological polar surface area (TPSA) is 72.0 Å². The van der Waals surface area contributed by atoms with Crippen LogP contribution in [0.4, 0.5) is 5.95 Å². The maximum atomic E-state index is 10.1. The first-order chi connectivity index (χ1) is 15.9. The number of aromatic hydroxyl groups is 1. The van der Waals surface area contributed by atoms with E-state index in [1.165, 1.54) is 10.9 Å². The summed E-state index contributed by atoms with van der Waals surface area (Å²) < 4.78 is 7.58. The maximum absolute atomic E-state index is 10.1. The molecule has 1 aromatic heterocycles. The van der Waals surface area contributed by atoms with Gasteiger partial charge < -0.3 is 9.84 Å². The van der Waals surface area contributed by atoms with Crippen molar-refractivity contribution in [1.29, 1.82) is 0 Å². The van der Waals surface area contributed by atoms with Crippen LogP contribution in [0.15, 0.2) is 81.4 Å². The molecule has 1 N–H and O–H groups in total. The molecule has 1 heterocycles. The van der Waals surface area contributed by atoms with E-state index in [4.69, 9.17) is 27.9 Å². The summed E-state index contributed by atoms with van der Waals surface area (Å²) in [7, 11) is 1.62. The number of ether oxygens (including phenoxy) is 1. The summed E-state index contributed by atoms with van der Waals surface area (Å²) in [4.78, 5) is 9.08. The molecule has 0 amide bonds. The SMILES string of the molecule is COc1ccc(-c2cn(N=Cc3ccc(Cl)cc3Cl)c(N=Cc3cc(Br)ccc3O)n2)cc1. The molecule has 0 aliphatic carbocycles. The van der Waals surface area contributed by atoms with Crippen LogP contribution < -0.4 is 4.74 Å². The van der Waals surface area contributed by atoms with Gasteiger partial charge in [-0.15, -0.1) is 0 Å². The molecular formula is C24H17BrCl2N4O2. The molecule has 0 fully saturated rings. The molecule has 0 bridgehead atoms. The minimum Gasteiger partial charge on any atom is -0.507 e. The Morgan fingerprint density at radius 1 is 1.00 bits per heavy atom. The fraction of sp³-hybridized carbons (Fsp3) is 0.0417. The quantitative estimate of drug-likeness (QED) is 0.267. The van der Waals surface area contributed by atoms with Crippen LogP contribution in [0, 0.1) is 0 Å². The molecule has 9 heteroatoms. The van der Waals surface area contributed by atoms with Gasteiger partial charge in [0.25, 0.3) is 5.95 Å². The van der Waals surface area contributed by atoms with Crippen LogP contribution in [0.3, 0.4) is 0 Å². The van der Waals surface area contributed by atoms with E-state index < -0.39 is 0 Å². The van der Waals surface area contributed by atoms with Crippen LogP contribution in [0.1, 0.15) is 11.1 Å². The van der Waals surface area contributed by atoms with Crippen molar-refractivity contribution in [2.45, 2.75) is 0 Å². The van der Waals surface area contributed by atoms with Crippen molar-refractivity contribution in [1.82, 2.24) is 9.66 Å². The third-order valence-corrected chi connectivity index (χ3v) is 5.70. The molecule has 4 aromatic rings. The highest BCUT2D eigenvalue weighted by molar-refractivity contribution is 9.10. The maximum Gasteiger partial charge on any atom is 0.251 e. The van der Waals surface area contributed by atoms with Gasteiger partial charge in [-0.3, -0.25) is 0 Å². The molecule has 0 saturated carbocycles. The van der Waals surface area contributed by atoms with Crippen LogP contribution in [0.25, 0.3) is 11.3 Å². The van der Waals surface area contributed by atoms with Gasteiger partial charge in [0.1, 0.15) is 11.5 Å². The molecule has 0 aliphatic heterocycles. The van der Waals surface area contributed by atoms with E-state index in [1.807, 2.05) is 24.3 Å². The van der Waals surface area contributed by atoms with Gasteiger partial charge in [-0.1, -0.05) is 45.2 Å². The van der Waals surface area contributed by atoms with Gasteiger partial charge in [0.15, 0.2) is 0 Å². The van der Waals surface area contributed by atoms with Crippen molar-refractivity contribution in [3.8, 4) is 22.8 Å². The molecule has 0 saturated heterocycles. The van der Waals surface area contributed by atoms with E-state index in [0.29, 0.717) is 32.8 Å². The second kappa shape index (κ2) is 10.2. The van der Waals surface area contributed by atoms with Crippen molar-refractivity contribution < 1.29 is 9.84 Å². The van der Waals surface area contributed by atoms with Crippen LogP contribution >= 0.6 is 39.1 Å². The number of hydrogen-bond donors (Lipinski definition) is 1. The molecule has 0 aliphatic rings. The van der Waals surface area contributed by atoms with Crippen molar-refractivity contribution in [3.63, 3.8) is 0 Å². The minimum absolute atomic E-state index is 0.104. The average molecular weight is 544 g/mol. The fourth-order valence-corrected chi connectivity index (χ4v) is 3.76. The van der Waals surface area contributed by atoms with Crippen molar-refractivity contribution in [2.24, 2.45) is 10.1 Å². The first kappa shape index (κ1) is 23.0. The first-order valence-electron chi connectivity index (χ1n) is 9.69. The lowest BCUT2D eigenvalue weighted by Crippen LogP contribution is -1.91. The Morgan fingerprint density at radius 3 is 2.52 bits per heavy atom. The lowest BCUT2D eigenvalue weighted by Gasteiger charge is -2.00. The minimum atomic E-state index is 0.104. The number of nitrogens with zero attached hydrogens (tertiary/aromatic N) is 4. The number of aromatic nitrogens is 2. The van der Waals surface area contributed by atoms with E-state index >= 15 is 0 Å². The smallest absolute Gasteiger partial charge is 0.251 e. The number of benzene rings is 3. The highest BCUT2D eigenvalue weighted by atomic mass is 79.9. The van der Waals surface area contributed by atoms with Gasteiger partial charge in [-0.25, -0.2) is 14.7 Å². The normalized spacial score (nSPS) is 11.5. The molecule has 0 radical (unpaired) electrons. The van der Waals surface area contributed by atoms with E-state index in [0.717, 1.165) is 15.8 Å². The van der Waals surface area contributed by atoms with Gasteiger partial charge in [-0.05, 0) is 54.6 Å². The molecule has 33 heavy (non-hydrogen) atoms. The Kier molecular flexibility index (Phi) is 7.13. The second-order valence-electron chi connectivity index (χ2n) is 6.87. The summed E-state index contributed by atoms with van der Waals surface area (Å²) in [6.07, 6.45) is 4.89. The number of hydrogen-bond acceptors (Lipinski definition) is 5. The predicted molar refractivity (Wildman–Crippen MR) is 137 cm³/mol. The molecule has 6 nitrogen and oxygen atoms in total. The Balaban J connectivity index is 1.73. The number of rotatable bonds is 6. The second-order valence-corrected chi connectivity index (χ2v) is 8.63. The highest BCUT2D eigenvalue weighted by Crippen LogP contribution is 2.26. The third kappa shape index (κ3) is 5.63. The lowest BCUT2D eigenvalue weighted by atomic mass is 10.2. The number of phenols is 1. The molecular weight excluding hydrogens is 527 g/mol. The molecule has 0 atom stereocenters. The molecule has 3 aromatic carbocycles. The summed E-state index contributed by atoms with van der Waals surface area (Å²) in [5.41, 5.74) is 2.77. The van der Waals surface area contributed by atoms with Crippen LogP contribution in [-0.4, -0.2) is 34.3 Å². The van der Waals surface area contributed by atoms with Crippen molar-refractivity contribution in [3.05, 3.63) is 92.5 Å². The fourth-order valence-electron chi connectivity index (χ4n) is 2.92. The standard InChI is InChI=1S/C24H17BrCl2N4O2/c1-33-20-7-3-15(4-8-20)22-14-31(29-13-16-2-6-19(26)11-21(16)27)24(30-22)28-12-17-10-18(25)5-9-23(17)32/h2-14,32H,1H3. The molecule has 166 valence electrons. The lowest BCUT2D eigenvalue weighted by molar-refractivity contribution is 0.415. The van der Waals surface area contributed by atoms with E-state index in [9.17, 15) is 5.11 Å². The largest absolute Gasteiger partial charge is 0.507 e. The molecule has 0 spiro atoms. The monoisotopic (exact) mass is 542 g/mol. The summed E-state index contributed by atoms with van der Waals surface area (Å²) >= 11 is 15.6. The Morgan fingerprint density at radius 2 is 1.79 bits per heavy atom. The van der Waals surface area contributed by atoms with Crippen LogP contribution in [0.2, 0.25) is 10.0 Å². The predicted octanol–water partition coefficient (Wildman–Crippen LogP) is 6.97. The van der Waals surface area contributed by atoms with E-state index in [2.05, 4.69) is 31.0 Å². The number of aliphatic imine (C=N–C) groups is 1. The number of methoxy groups -OCH3 is 1. The van der Waals surface area contributed by atoms with E-state index in [-0.39, 0.29) is 5.75 Å². The van der Waals surface area contributed by atoms with Crippen LogP contribution in [-0.2, 0) is 0 Å². The molecule has 0 unspecified atom stereocenters. The number of imidazole rings is 1. The Labute approximate surface area is 208 Å². The summed E-state index contributed by atoms with van der Waals surface area (Å²) in [6.45, 7) is 0. The van der Waals surface area contributed by atoms with Crippen LogP contribution in [0.5, 0.6) is 11.5 Å².